The van der Waals surface area contributed by atoms with Gasteiger partial charge < -0.3 is 9.80 Å². The van der Waals surface area contributed by atoms with Gasteiger partial charge in [-0.1, -0.05) is 92.5 Å². The fourth-order valence-electron chi connectivity index (χ4n) is 5.54. The van der Waals surface area contributed by atoms with E-state index in [-0.39, 0.29) is 11.9 Å². The number of hydrogen-bond donors (Lipinski definition) is 0. The molecule has 0 bridgehead atoms. The van der Waals surface area contributed by atoms with Gasteiger partial charge in [-0.15, -0.1) is 0 Å². The summed E-state index contributed by atoms with van der Waals surface area (Å²) in [5, 5.41) is -1.10. The van der Waals surface area contributed by atoms with Gasteiger partial charge in [0, 0.05) is 26.2 Å². The Labute approximate surface area is 222 Å². The summed E-state index contributed by atoms with van der Waals surface area (Å²) in [5.41, 5.74) is 2.36. The normalized spacial score (nSPS) is 26.9. The smallest absolute Gasteiger partial charge is 0.255 e. The Morgan fingerprint density at radius 2 is 1.40 bits per heavy atom. The molecule has 2 amide bonds. The van der Waals surface area contributed by atoms with E-state index in [1.807, 2.05) is 36.4 Å². The zero-order chi connectivity index (χ0) is 25.2. The number of alkyl halides is 2. The topological polar surface area (TPSA) is 78.0 Å². The largest absolute Gasteiger partial charge is 0.338 e. The van der Waals surface area contributed by atoms with Gasteiger partial charge in [0.1, 0.15) is 6.04 Å². The molecule has 3 saturated heterocycles. The van der Waals surface area contributed by atoms with Gasteiger partial charge >= 0.3 is 0 Å². The highest BCUT2D eigenvalue weighted by Gasteiger charge is 2.77. The molecule has 7 nitrogen and oxygen atoms in total. The van der Waals surface area contributed by atoms with E-state index in [9.17, 15) is 18.0 Å². The molecule has 0 aromatic heterocycles. The van der Waals surface area contributed by atoms with Gasteiger partial charge in [0.05, 0.1) is 10.8 Å². The molecule has 186 valence electrons. The third kappa shape index (κ3) is 3.70. The molecule has 0 spiro atoms. The number of carbonyl (C=O) groups is 2. The average molecular weight is 625 g/mol. The van der Waals surface area contributed by atoms with Crippen molar-refractivity contribution in [3.8, 4) is 0 Å². The molecule has 10 heteroatoms. The summed E-state index contributed by atoms with van der Waals surface area (Å²) in [6.45, 7) is 5.29. The number of β-lactam (4-membered cyclic amide) rings is 1. The van der Waals surface area contributed by atoms with Crippen LogP contribution in [0.4, 0.5) is 0 Å². The van der Waals surface area contributed by atoms with Crippen LogP contribution >= 0.6 is 31.9 Å². The van der Waals surface area contributed by atoms with E-state index in [1.165, 1.54) is 16.0 Å². The van der Waals surface area contributed by atoms with Gasteiger partial charge in [-0.3, -0.25) is 14.5 Å². The van der Waals surface area contributed by atoms with E-state index in [0.717, 1.165) is 0 Å². The van der Waals surface area contributed by atoms with Crippen molar-refractivity contribution >= 4 is 53.5 Å². The molecule has 2 atom stereocenters. The second kappa shape index (κ2) is 8.68. The van der Waals surface area contributed by atoms with Gasteiger partial charge in [0.25, 0.3) is 5.91 Å². The highest BCUT2D eigenvalue weighted by molar-refractivity contribution is 9.26. The first-order valence-electron chi connectivity index (χ1n) is 11.6. The molecular weight excluding hydrogens is 598 g/mol. The number of rotatable bonds is 4. The van der Waals surface area contributed by atoms with E-state index in [2.05, 4.69) is 61.0 Å². The Bertz CT molecular complexity index is 1210. The minimum atomic E-state index is -3.78. The Morgan fingerprint density at radius 1 is 0.914 bits per heavy atom. The quantitative estimate of drug-likeness (QED) is 0.386. The molecule has 0 radical (unpaired) electrons. The summed E-state index contributed by atoms with van der Waals surface area (Å²) in [5.74, 6) is -0.734. The van der Waals surface area contributed by atoms with Crippen molar-refractivity contribution < 1.29 is 18.0 Å². The molecule has 2 aromatic rings. The van der Waals surface area contributed by atoms with Crippen molar-refractivity contribution in [3.63, 3.8) is 0 Å². The van der Waals surface area contributed by atoms with Gasteiger partial charge in [0.15, 0.2) is 18.4 Å². The minimum Gasteiger partial charge on any atom is -0.338 e. The zero-order valence-electron chi connectivity index (χ0n) is 19.5. The standard InChI is InChI=1S/C25H27Br2N3O4S/c1-24(2)20(30-22(32)25(26,27)23(30)35(24,33)34)21(31)29-15-13-28(14-16-29)19(17-9-5-3-6-10-17)18-11-7-4-8-12-18/h3-12,19-20,23H,13-16H2,1-2H3/t20-,23-/m1/s1. The Balaban J connectivity index is 1.37. The average Bonchev–Trinajstić information content (AvgIpc) is 3.00. The highest BCUT2D eigenvalue weighted by atomic mass is 79.9. The first kappa shape index (κ1) is 24.9. The van der Waals surface area contributed by atoms with Crippen molar-refractivity contribution in [3.05, 3.63) is 71.8 Å². The highest BCUT2D eigenvalue weighted by Crippen LogP contribution is 2.56. The maximum Gasteiger partial charge on any atom is 0.255 e. The molecule has 0 N–H and O–H groups in total. The second-order valence-corrected chi connectivity index (χ2v) is 16.0. The molecule has 3 aliphatic rings. The maximum atomic E-state index is 13.7. The number of nitrogens with zero attached hydrogens (tertiary/aromatic N) is 3. The van der Waals surface area contributed by atoms with Crippen molar-refractivity contribution in [2.75, 3.05) is 26.2 Å². The molecule has 3 heterocycles. The van der Waals surface area contributed by atoms with Gasteiger partial charge in [-0.25, -0.2) is 8.42 Å². The van der Waals surface area contributed by atoms with Crippen molar-refractivity contribution in [2.45, 2.75) is 39.3 Å². The summed E-state index contributed by atoms with van der Waals surface area (Å²) < 4.78 is 23.8. The molecule has 35 heavy (non-hydrogen) atoms. The number of halogens is 2. The van der Waals surface area contributed by atoms with Gasteiger partial charge in [-0.2, -0.15) is 0 Å². The van der Waals surface area contributed by atoms with Crippen LogP contribution in [-0.4, -0.2) is 80.5 Å². The monoisotopic (exact) mass is 623 g/mol. The molecule has 2 aromatic carbocycles. The second-order valence-electron chi connectivity index (χ2n) is 9.82. The summed E-state index contributed by atoms with van der Waals surface area (Å²) in [4.78, 5) is 31.8. The number of fused-ring (bicyclic) bond motifs is 1. The molecule has 0 unspecified atom stereocenters. The van der Waals surface area contributed by atoms with Crippen LogP contribution in [0.15, 0.2) is 60.7 Å². The summed E-state index contributed by atoms with van der Waals surface area (Å²) >= 11 is 6.44. The third-order valence-electron chi connectivity index (χ3n) is 7.50. The summed E-state index contributed by atoms with van der Waals surface area (Å²) in [6, 6.07) is 19.6. The number of piperazine rings is 1. The lowest BCUT2D eigenvalue weighted by atomic mass is 9.95. The van der Waals surface area contributed by atoms with Crippen LogP contribution in [0.5, 0.6) is 0 Å². The summed E-state index contributed by atoms with van der Waals surface area (Å²) in [7, 11) is -3.78. The Morgan fingerprint density at radius 3 is 1.89 bits per heavy atom. The van der Waals surface area contributed by atoms with Crippen molar-refractivity contribution in [2.24, 2.45) is 0 Å². The van der Waals surface area contributed by atoms with E-state index in [0.29, 0.717) is 26.2 Å². The number of hydrogen-bond acceptors (Lipinski definition) is 5. The molecular formula is C25H27Br2N3O4S. The molecule has 0 aliphatic carbocycles. The third-order valence-corrected chi connectivity index (χ3v) is 12.5. The molecule has 3 fully saturated rings. The fraction of sp³-hybridized carbons (Fsp3) is 0.440. The molecule has 3 aliphatic heterocycles. The number of benzene rings is 2. The predicted octanol–water partition coefficient (Wildman–Crippen LogP) is 3.15. The molecule has 5 rings (SSSR count). The van der Waals surface area contributed by atoms with E-state index < -0.39 is 35.1 Å². The first-order chi connectivity index (χ1) is 16.5. The number of amides is 2. The van der Waals surface area contributed by atoms with E-state index >= 15 is 0 Å². The van der Waals surface area contributed by atoms with Crippen LogP contribution in [0.25, 0.3) is 0 Å². The summed E-state index contributed by atoms with van der Waals surface area (Å²) in [6.07, 6.45) is 0. The maximum absolute atomic E-state index is 13.7. The number of sulfone groups is 1. The van der Waals surface area contributed by atoms with Crippen LogP contribution in [0, 0.1) is 0 Å². The lowest BCUT2D eigenvalue weighted by Gasteiger charge is -2.47. The predicted molar refractivity (Wildman–Crippen MR) is 141 cm³/mol. The van der Waals surface area contributed by atoms with Crippen LogP contribution < -0.4 is 0 Å². The Kier molecular flexibility index (Phi) is 6.18. The van der Waals surface area contributed by atoms with Crippen LogP contribution in [0.3, 0.4) is 0 Å². The zero-order valence-corrected chi connectivity index (χ0v) is 23.5. The van der Waals surface area contributed by atoms with Crippen LogP contribution in [0.2, 0.25) is 0 Å². The number of carbonyl (C=O) groups excluding carboxylic acids is 2. The fourth-order valence-corrected chi connectivity index (χ4v) is 9.98. The lowest BCUT2D eigenvalue weighted by Crippen LogP contribution is -2.70. The SMILES string of the molecule is CC1(C)[C@@H](C(=O)N2CCN(C(c3ccccc3)c3ccccc3)CC2)N2C(=O)C(Br)(Br)[C@H]2S1(=O)=O. The first-order valence-corrected chi connectivity index (χ1v) is 14.7. The van der Waals surface area contributed by atoms with Crippen molar-refractivity contribution in [1.29, 1.82) is 0 Å². The molecule has 0 saturated carbocycles. The van der Waals surface area contributed by atoms with Crippen LogP contribution in [0.1, 0.15) is 31.0 Å². The van der Waals surface area contributed by atoms with Crippen molar-refractivity contribution in [1.82, 2.24) is 14.7 Å². The van der Waals surface area contributed by atoms with E-state index in [1.54, 1.807) is 18.7 Å². The van der Waals surface area contributed by atoms with Crippen LogP contribution in [-0.2, 0) is 19.4 Å². The minimum absolute atomic E-state index is 0.0571. The van der Waals surface area contributed by atoms with Gasteiger partial charge in [-0.05, 0) is 25.0 Å². The van der Waals surface area contributed by atoms with Gasteiger partial charge in [0.2, 0.25) is 5.91 Å². The lowest BCUT2D eigenvalue weighted by molar-refractivity contribution is -0.154. The van der Waals surface area contributed by atoms with E-state index in [4.69, 9.17) is 0 Å². The Hall–Kier alpha value is -1.75.